The highest BCUT2D eigenvalue weighted by molar-refractivity contribution is 5.82. The Bertz CT molecular complexity index is 1670. The van der Waals surface area contributed by atoms with Crippen molar-refractivity contribution >= 4 is 11.9 Å². The number of aryl methyl sites for hydroxylation is 2. The molecule has 3 aromatic rings. The van der Waals surface area contributed by atoms with E-state index in [1.807, 2.05) is 19.0 Å². The van der Waals surface area contributed by atoms with E-state index >= 15 is 4.39 Å². The second-order valence-electron chi connectivity index (χ2n) is 12.5. The van der Waals surface area contributed by atoms with Gasteiger partial charge in [0, 0.05) is 24.4 Å². The summed E-state index contributed by atoms with van der Waals surface area (Å²) in [6.07, 6.45) is -0.0820. The maximum Gasteiger partial charge on any atom is 0.419 e. The van der Waals surface area contributed by atoms with Crippen molar-refractivity contribution in [2.24, 2.45) is 0 Å². The van der Waals surface area contributed by atoms with Crippen LogP contribution in [0.4, 0.5) is 22.0 Å². The van der Waals surface area contributed by atoms with Gasteiger partial charge in [-0.1, -0.05) is 31.7 Å². The molecular formula is C35H40F5N3O4. The first kappa shape index (κ1) is 35.8. The molecule has 2 bridgehead atoms. The van der Waals surface area contributed by atoms with Crippen LogP contribution in [-0.2, 0) is 28.6 Å². The summed E-state index contributed by atoms with van der Waals surface area (Å²) in [5.74, 6) is -4.57. The summed E-state index contributed by atoms with van der Waals surface area (Å²) in [5.41, 5.74) is -0.991. The van der Waals surface area contributed by atoms with Crippen LogP contribution in [0.3, 0.4) is 0 Å². The Morgan fingerprint density at radius 2 is 1.72 bits per heavy atom. The highest BCUT2D eigenvalue weighted by Crippen LogP contribution is 2.40. The lowest BCUT2D eigenvalue weighted by Gasteiger charge is -2.26. The van der Waals surface area contributed by atoms with Gasteiger partial charge in [-0.15, -0.1) is 0 Å². The molecule has 12 heteroatoms. The number of alkyl halides is 3. The van der Waals surface area contributed by atoms with Gasteiger partial charge in [-0.25, -0.2) is 8.78 Å². The third-order valence-corrected chi connectivity index (χ3v) is 8.56. The monoisotopic (exact) mass is 661 g/mol. The molecular weight excluding hydrogens is 621 g/mol. The minimum absolute atomic E-state index is 0.0701. The molecule has 0 saturated carbocycles. The number of carbonyl (C=O) groups excluding carboxylic acids is 1. The lowest BCUT2D eigenvalue weighted by Crippen LogP contribution is -2.40. The standard InChI is InChI=1S/C35H40F5N3O4/c1-21-15-25(36)16-23-9-7-5-4-6-8-10-29(43-20-22(11-12-30(43)44)13-14-42(2)3)34(47)41-28(19-31(45)46)26-17-24(32(21)23)18-27(33(26)37)35(38,39)40/h11-12,15-18,20,28-29H,4-10,13-14,19H2,1-3H3,(H,41,47)(H,45,46)/t28-,29-/m0/s1. The van der Waals surface area contributed by atoms with Crippen LogP contribution >= 0.6 is 0 Å². The molecule has 2 atom stereocenters. The van der Waals surface area contributed by atoms with Crippen molar-refractivity contribution in [1.29, 1.82) is 0 Å². The van der Waals surface area contributed by atoms with E-state index < -0.39 is 64.9 Å². The minimum Gasteiger partial charge on any atom is -0.481 e. The van der Waals surface area contributed by atoms with Gasteiger partial charge in [0.05, 0.1) is 18.0 Å². The zero-order valence-electron chi connectivity index (χ0n) is 26.7. The molecule has 7 nitrogen and oxygen atoms in total. The maximum atomic E-state index is 15.8. The number of likely N-dealkylation sites (N-methyl/N-ethyl adjacent to an activating group) is 1. The van der Waals surface area contributed by atoms with Gasteiger partial charge in [-0.05, 0) is 98.8 Å². The summed E-state index contributed by atoms with van der Waals surface area (Å²) in [6.45, 7) is 2.21. The Balaban J connectivity index is 1.90. The topological polar surface area (TPSA) is 91.6 Å². The molecule has 0 fully saturated rings. The minimum atomic E-state index is -5.16. The highest BCUT2D eigenvalue weighted by Gasteiger charge is 2.38. The summed E-state index contributed by atoms with van der Waals surface area (Å²) in [5, 5.41) is 12.2. The summed E-state index contributed by atoms with van der Waals surface area (Å²) in [4.78, 5) is 41.0. The van der Waals surface area contributed by atoms with Gasteiger partial charge in [0.2, 0.25) is 5.91 Å². The van der Waals surface area contributed by atoms with Crippen molar-refractivity contribution in [3.05, 3.63) is 92.4 Å². The number of benzene rings is 2. The number of pyridine rings is 1. The number of aromatic nitrogens is 1. The lowest BCUT2D eigenvalue weighted by atomic mass is 9.87. The van der Waals surface area contributed by atoms with Gasteiger partial charge < -0.3 is 19.9 Å². The largest absolute Gasteiger partial charge is 0.481 e. The van der Waals surface area contributed by atoms with E-state index in [-0.39, 0.29) is 12.0 Å². The Hall–Kier alpha value is -4.06. The number of hydrogen-bond donors (Lipinski definition) is 2. The molecule has 4 rings (SSSR count). The third kappa shape index (κ3) is 9.06. The number of carbonyl (C=O) groups is 2. The number of nitrogens with zero attached hydrogens (tertiary/aromatic N) is 2. The second kappa shape index (κ2) is 15.2. The van der Waals surface area contributed by atoms with Crippen LogP contribution in [0, 0.1) is 18.6 Å². The quantitative estimate of drug-likeness (QED) is 0.278. The van der Waals surface area contributed by atoms with E-state index in [9.17, 15) is 37.1 Å². The number of carboxylic acids is 1. The molecule has 2 heterocycles. The zero-order valence-corrected chi connectivity index (χ0v) is 26.7. The van der Waals surface area contributed by atoms with Crippen LogP contribution in [0.15, 0.2) is 47.4 Å². The van der Waals surface area contributed by atoms with Gasteiger partial charge in [0.15, 0.2) is 0 Å². The summed E-state index contributed by atoms with van der Waals surface area (Å²) in [6, 6.07) is 4.36. The number of amides is 1. The fourth-order valence-electron chi connectivity index (χ4n) is 6.23. The number of hydrogen-bond acceptors (Lipinski definition) is 4. The first-order chi connectivity index (χ1) is 22.1. The smallest absolute Gasteiger partial charge is 0.419 e. The van der Waals surface area contributed by atoms with Crippen molar-refractivity contribution in [3.63, 3.8) is 0 Å². The molecule has 0 unspecified atom stereocenters. The normalized spacial score (nSPS) is 18.1. The maximum absolute atomic E-state index is 15.8. The Morgan fingerprint density at radius 1 is 1.02 bits per heavy atom. The number of halogens is 5. The fraction of sp³-hybridized carbons (Fsp3) is 0.457. The molecule has 0 radical (unpaired) electrons. The summed E-state index contributed by atoms with van der Waals surface area (Å²) in [7, 11) is 3.79. The van der Waals surface area contributed by atoms with Gasteiger partial charge >= 0.3 is 12.1 Å². The number of carboxylic acid groups (broad SMARTS) is 1. The van der Waals surface area contributed by atoms with Crippen LogP contribution in [0.5, 0.6) is 0 Å². The molecule has 254 valence electrons. The van der Waals surface area contributed by atoms with Crippen LogP contribution in [0.2, 0.25) is 0 Å². The van der Waals surface area contributed by atoms with E-state index in [0.29, 0.717) is 61.4 Å². The van der Waals surface area contributed by atoms with Crippen LogP contribution in [-0.4, -0.2) is 47.1 Å². The first-order valence-corrected chi connectivity index (χ1v) is 15.7. The Labute approximate surface area is 270 Å². The van der Waals surface area contributed by atoms with Gasteiger partial charge in [-0.2, -0.15) is 13.2 Å². The van der Waals surface area contributed by atoms with Crippen LogP contribution in [0.25, 0.3) is 11.1 Å². The van der Waals surface area contributed by atoms with E-state index in [1.165, 1.54) is 22.8 Å². The lowest BCUT2D eigenvalue weighted by molar-refractivity contribution is -0.140. The van der Waals surface area contributed by atoms with Crippen molar-refractivity contribution in [2.75, 3.05) is 20.6 Å². The molecule has 47 heavy (non-hydrogen) atoms. The van der Waals surface area contributed by atoms with E-state index in [2.05, 4.69) is 5.32 Å². The predicted molar refractivity (Wildman–Crippen MR) is 168 cm³/mol. The van der Waals surface area contributed by atoms with Gasteiger partial charge in [0.1, 0.15) is 17.7 Å². The molecule has 2 aromatic carbocycles. The summed E-state index contributed by atoms with van der Waals surface area (Å²) >= 11 is 0. The first-order valence-electron chi connectivity index (χ1n) is 15.7. The molecule has 0 saturated heterocycles. The summed E-state index contributed by atoms with van der Waals surface area (Å²) < 4.78 is 74.5. The average molecular weight is 662 g/mol. The molecule has 2 N–H and O–H groups in total. The third-order valence-electron chi connectivity index (χ3n) is 8.56. The van der Waals surface area contributed by atoms with Crippen molar-refractivity contribution in [2.45, 2.75) is 83.0 Å². The van der Waals surface area contributed by atoms with E-state index in [0.717, 1.165) is 24.5 Å². The van der Waals surface area contributed by atoms with Crippen LogP contribution in [0.1, 0.15) is 84.8 Å². The SMILES string of the molecule is Cc1cc(F)cc2c1-c1cc(c(F)c(C(F)(F)F)c1)[C@H](CC(=O)O)NC(=O)[C@@H](n1cc(CCN(C)C)ccc1=O)CCCCCCC2. The predicted octanol–water partition coefficient (Wildman–Crippen LogP) is 6.99. The van der Waals surface area contributed by atoms with Crippen molar-refractivity contribution in [3.8, 4) is 11.1 Å². The van der Waals surface area contributed by atoms with E-state index in [1.54, 1.807) is 19.2 Å². The van der Waals surface area contributed by atoms with Crippen LogP contribution < -0.4 is 10.9 Å². The fourth-order valence-corrected chi connectivity index (χ4v) is 6.23. The van der Waals surface area contributed by atoms with E-state index in [4.69, 9.17) is 0 Å². The molecule has 0 spiro atoms. The van der Waals surface area contributed by atoms with Crippen molar-refractivity contribution in [1.82, 2.24) is 14.8 Å². The highest BCUT2D eigenvalue weighted by atomic mass is 19.4. The molecule has 1 amide bonds. The Morgan fingerprint density at radius 3 is 2.40 bits per heavy atom. The van der Waals surface area contributed by atoms with Crippen molar-refractivity contribution < 1.29 is 36.6 Å². The number of rotatable bonds is 6. The molecule has 1 aromatic heterocycles. The van der Waals surface area contributed by atoms with Gasteiger partial charge in [0.25, 0.3) is 5.56 Å². The second-order valence-corrected chi connectivity index (χ2v) is 12.5. The van der Waals surface area contributed by atoms with Gasteiger partial charge in [-0.3, -0.25) is 14.4 Å². The molecule has 1 aliphatic heterocycles. The zero-order chi connectivity index (χ0) is 34.5. The molecule has 0 aliphatic carbocycles. The molecule has 1 aliphatic rings. The number of aliphatic carboxylic acids is 1. The number of fused-ring (bicyclic) bond motifs is 4. The number of nitrogens with one attached hydrogen (secondary N) is 1. The average Bonchev–Trinajstić information content (AvgIpc) is 2.97. The Kier molecular flexibility index (Phi) is 11.6.